The van der Waals surface area contributed by atoms with Crippen molar-refractivity contribution in [1.82, 2.24) is 0 Å². The number of rotatable bonds is 5. The van der Waals surface area contributed by atoms with Crippen molar-refractivity contribution in [2.24, 2.45) is 5.73 Å². The number of nitrogens with two attached hydrogens (primary N) is 1. The molecule has 0 aliphatic heterocycles. The predicted molar refractivity (Wildman–Crippen MR) is 76.6 cm³/mol. The lowest BCUT2D eigenvalue weighted by molar-refractivity contribution is 0.413. The number of hydrogen-bond acceptors (Lipinski definition) is 3. The fourth-order valence-corrected chi connectivity index (χ4v) is 2.01. The van der Waals surface area contributed by atoms with Gasteiger partial charge in [-0.3, -0.25) is 0 Å². The monoisotopic (exact) mass is 257 g/mol. The van der Waals surface area contributed by atoms with Gasteiger partial charge in [0.2, 0.25) is 0 Å². The molecule has 2 N–H and O–H groups in total. The molecule has 2 aromatic carbocycles. The number of benzene rings is 2. The van der Waals surface area contributed by atoms with Crippen LogP contribution in [-0.2, 0) is 6.42 Å². The predicted octanol–water partition coefficient (Wildman–Crippen LogP) is 2.95. The SMILES string of the molecule is COc1ccc(CC(N)c2cccc(OC)c2)cc1. The van der Waals surface area contributed by atoms with Gasteiger partial charge in [-0.05, 0) is 41.8 Å². The molecule has 3 heteroatoms. The zero-order valence-electron chi connectivity index (χ0n) is 11.3. The average Bonchev–Trinajstić information content (AvgIpc) is 2.48. The Morgan fingerprint density at radius 3 is 2.26 bits per heavy atom. The largest absolute Gasteiger partial charge is 0.497 e. The van der Waals surface area contributed by atoms with Gasteiger partial charge in [0.1, 0.15) is 11.5 Å². The maximum Gasteiger partial charge on any atom is 0.119 e. The third-order valence-corrected chi connectivity index (χ3v) is 3.14. The maximum atomic E-state index is 6.23. The number of hydrogen-bond donors (Lipinski definition) is 1. The molecule has 100 valence electrons. The highest BCUT2D eigenvalue weighted by molar-refractivity contribution is 5.33. The Hall–Kier alpha value is -2.00. The lowest BCUT2D eigenvalue weighted by atomic mass is 9.99. The Morgan fingerprint density at radius 2 is 1.63 bits per heavy atom. The van der Waals surface area contributed by atoms with E-state index in [1.807, 2.05) is 48.5 Å². The third-order valence-electron chi connectivity index (χ3n) is 3.14. The molecule has 0 saturated carbocycles. The van der Waals surface area contributed by atoms with Crippen molar-refractivity contribution in [3.63, 3.8) is 0 Å². The first-order valence-electron chi connectivity index (χ1n) is 6.25. The normalized spacial score (nSPS) is 11.9. The van der Waals surface area contributed by atoms with Gasteiger partial charge in [-0.2, -0.15) is 0 Å². The molecule has 0 saturated heterocycles. The summed E-state index contributed by atoms with van der Waals surface area (Å²) in [5.41, 5.74) is 8.50. The minimum Gasteiger partial charge on any atom is -0.497 e. The summed E-state index contributed by atoms with van der Waals surface area (Å²) in [6.07, 6.45) is 0.789. The Morgan fingerprint density at radius 1 is 0.947 bits per heavy atom. The molecule has 0 radical (unpaired) electrons. The van der Waals surface area contributed by atoms with E-state index in [0.717, 1.165) is 23.5 Å². The summed E-state index contributed by atoms with van der Waals surface area (Å²) in [6.45, 7) is 0. The van der Waals surface area contributed by atoms with Crippen LogP contribution in [0.1, 0.15) is 17.2 Å². The van der Waals surface area contributed by atoms with E-state index in [4.69, 9.17) is 15.2 Å². The zero-order valence-corrected chi connectivity index (χ0v) is 11.3. The molecule has 0 amide bonds. The van der Waals surface area contributed by atoms with Gasteiger partial charge in [0.05, 0.1) is 14.2 Å². The Kier molecular flexibility index (Phi) is 4.42. The van der Waals surface area contributed by atoms with Crippen molar-refractivity contribution in [1.29, 1.82) is 0 Å². The second-order valence-corrected chi connectivity index (χ2v) is 4.44. The molecule has 1 unspecified atom stereocenters. The molecule has 0 aliphatic carbocycles. The van der Waals surface area contributed by atoms with Crippen LogP contribution in [0.4, 0.5) is 0 Å². The summed E-state index contributed by atoms with van der Waals surface area (Å²) in [4.78, 5) is 0. The summed E-state index contributed by atoms with van der Waals surface area (Å²) < 4.78 is 10.4. The fraction of sp³-hybridized carbons (Fsp3) is 0.250. The first-order chi connectivity index (χ1) is 9.22. The molecule has 0 aliphatic rings. The van der Waals surface area contributed by atoms with Gasteiger partial charge >= 0.3 is 0 Å². The Balaban J connectivity index is 2.08. The first-order valence-corrected chi connectivity index (χ1v) is 6.25. The highest BCUT2D eigenvalue weighted by atomic mass is 16.5. The zero-order chi connectivity index (χ0) is 13.7. The Bertz CT molecular complexity index is 523. The quantitative estimate of drug-likeness (QED) is 0.895. The van der Waals surface area contributed by atoms with Crippen LogP contribution in [0.5, 0.6) is 11.5 Å². The highest BCUT2D eigenvalue weighted by Gasteiger charge is 2.08. The average molecular weight is 257 g/mol. The molecular formula is C16H19NO2. The van der Waals surface area contributed by atoms with E-state index in [9.17, 15) is 0 Å². The molecule has 1 atom stereocenters. The van der Waals surface area contributed by atoms with Crippen molar-refractivity contribution in [3.8, 4) is 11.5 Å². The van der Waals surface area contributed by atoms with Gasteiger partial charge in [0, 0.05) is 6.04 Å². The van der Waals surface area contributed by atoms with Crippen LogP contribution in [0.3, 0.4) is 0 Å². The van der Waals surface area contributed by atoms with E-state index in [2.05, 4.69) is 0 Å². The van der Waals surface area contributed by atoms with Gasteiger partial charge in [-0.15, -0.1) is 0 Å². The van der Waals surface area contributed by atoms with Crippen LogP contribution in [-0.4, -0.2) is 14.2 Å². The molecule has 0 bridgehead atoms. The molecule has 0 aromatic heterocycles. The summed E-state index contributed by atoms with van der Waals surface area (Å²) in [5, 5.41) is 0. The second kappa shape index (κ2) is 6.25. The summed E-state index contributed by atoms with van der Waals surface area (Å²) >= 11 is 0. The molecule has 3 nitrogen and oxygen atoms in total. The third kappa shape index (κ3) is 3.48. The van der Waals surface area contributed by atoms with Gasteiger partial charge in [0.25, 0.3) is 0 Å². The maximum absolute atomic E-state index is 6.23. The highest BCUT2D eigenvalue weighted by Crippen LogP contribution is 2.21. The summed E-state index contributed by atoms with van der Waals surface area (Å²) in [7, 11) is 3.32. The van der Waals surface area contributed by atoms with E-state index < -0.39 is 0 Å². The first kappa shape index (κ1) is 13.4. The van der Waals surface area contributed by atoms with Crippen molar-refractivity contribution in [3.05, 3.63) is 59.7 Å². The van der Waals surface area contributed by atoms with Gasteiger partial charge in [-0.25, -0.2) is 0 Å². The molecule has 0 heterocycles. The smallest absolute Gasteiger partial charge is 0.119 e. The molecule has 2 rings (SSSR count). The lowest BCUT2D eigenvalue weighted by Crippen LogP contribution is -2.13. The second-order valence-electron chi connectivity index (χ2n) is 4.44. The summed E-state index contributed by atoms with van der Waals surface area (Å²) in [6, 6.07) is 15.8. The van der Waals surface area contributed by atoms with Crippen molar-refractivity contribution in [2.75, 3.05) is 14.2 Å². The van der Waals surface area contributed by atoms with Gasteiger partial charge in [0.15, 0.2) is 0 Å². The lowest BCUT2D eigenvalue weighted by Gasteiger charge is -2.13. The number of methoxy groups -OCH3 is 2. The van der Waals surface area contributed by atoms with E-state index in [-0.39, 0.29) is 6.04 Å². The van der Waals surface area contributed by atoms with Crippen molar-refractivity contribution >= 4 is 0 Å². The van der Waals surface area contributed by atoms with Crippen LogP contribution >= 0.6 is 0 Å². The minimum absolute atomic E-state index is 0.0384. The standard InChI is InChI=1S/C16H19NO2/c1-18-14-8-6-12(7-9-14)10-16(17)13-4-3-5-15(11-13)19-2/h3-9,11,16H,10,17H2,1-2H3. The van der Waals surface area contributed by atoms with Crippen LogP contribution in [0.15, 0.2) is 48.5 Å². The molecular weight excluding hydrogens is 238 g/mol. The molecule has 2 aromatic rings. The molecule has 0 fully saturated rings. The van der Waals surface area contributed by atoms with Crippen LogP contribution in [0, 0.1) is 0 Å². The van der Waals surface area contributed by atoms with Crippen LogP contribution in [0.2, 0.25) is 0 Å². The van der Waals surface area contributed by atoms with E-state index in [1.165, 1.54) is 5.56 Å². The van der Waals surface area contributed by atoms with E-state index in [1.54, 1.807) is 14.2 Å². The van der Waals surface area contributed by atoms with E-state index in [0.29, 0.717) is 0 Å². The Labute approximate surface area is 114 Å². The van der Waals surface area contributed by atoms with Crippen LogP contribution < -0.4 is 15.2 Å². The topological polar surface area (TPSA) is 44.5 Å². The number of ether oxygens (including phenoxy) is 2. The fourth-order valence-electron chi connectivity index (χ4n) is 2.01. The van der Waals surface area contributed by atoms with Crippen molar-refractivity contribution in [2.45, 2.75) is 12.5 Å². The van der Waals surface area contributed by atoms with Crippen molar-refractivity contribution < 1.29 is 9.47 Å². The molecule has 0 spiro atoms. The van der Waals surface area contributed by atoms with Gasteiger partial charge < -0.3 is 15.2 Å². The minimum atomic E-state index is -0.0384. The summed E-state index contributed by atoms with van der Waals surface area (Å²) in [5.74, 6) is 1.70. The van der Waals surface area contributed by atoms with E-state index >= 15 is 0 Å². The van der Waals surface area contributed by atoms with Gasteiger partial charge in [-0.1, -0.05) is 24.3 Å². The van der Waals surface area contributed by atoms with Crippen LogP contribution in [0.25, 0.3) is 0 Å². The molecule has 19 heavy (non-hydrogen) atoms.